The highest BCUT2D eigenvalue weighted by molar-refractivity contribution is 7.89. The van der Waals surface area contributed by atoms with Crippen LogP contribution in [0.4, 0.5) is 0 Å². The second kappa shape index (κ2) is 4.99. The number of sulfonamides is 1. The third-order valence-electron chi connectivity index (χ3n) is 4.15. The largest absolute Gasteiger partial charge is 0.480 e. The molecule has 1 amide bonds. The summed E-state index contributed by atoms with van der Waals surface area (Å²) in [4.78, 5) is 14.4. The average Bonchev–Trinajstić information content (AvgIpc) is 3.01. The molecule has 1 aromatic carbocycles. The summed E-state index contributed by atoms with van der Waals surface area (Å²) in [6.07, 6.45) is 1.86. The molecule has 2 unspecified atom stereocenters. The number of likely N-dealkylation sites (tertiary alicyclic amines) is 1. The molecular weight excluding hydrogens is 292 g/mol. The molecule has 3 rings (SSSR count). The van der Waals surface area contributed by atoms with Gasteiger partial charge >= 0.3 is 0 Å². The van der Waals surface area contributed by atoms with Crippen molar-refractivity contribution in [2.75, 3.05) is 6.54 Å². The van der Waals surface area contributed by atoms with Crippen molar-refractivity contribution in [2.45, 2.75) is 43.2 Å². The lowest BCUT2D eigenvalue weighted by Crippen LogP contribution is -2.42. The molecule has 0 spiro atoms. The first-order valence-corrected chi connectivity index (χ1v) is 8.54. The van der Waals surface area contributed by atoms with Gasteiger partial charge in [0.25, 0.3) is 5.91 Å². The fourth-order valence-electron chi connectivity index (χ4n) is 2.99. The number of benzene rings is 1. The van der Waals surface area contributed by atoms with Crippen LogP contribution in [0.2, 0.25) is 0 Å². The van der Waals surface area contributed by atoms with Crippen LogP contribution >= 0.6 is 0 Å². The van der Waals surface area contributed by atoms with Crippen LogP contribution in [0.1, 0.15) is 25.3 Å². The Balaban J connectivity index is 1.80. The zero-order chi connectivity index (χ0) is 15.2. The van der Waals surface area contributed by atoms with Gasteiger partial charge in [-0.2, -0.15) is 0 Å². The van der Waals surface area contributed by atoms with Crippen LogP contribution in [0, 0.1) is 0 Å². The van der Waals surface area contributed by atoms with Crippen molar-refractivity contribution in [1.29, 1.82) is 0 Å². The number of hydrogen-bond donors (Lipinski definition) is 1. The lowest BCUT2D eigenvalue weighted by Gasteiger charge is -2.24. The zero-order valence-corrected chi connectivity index (χ0v) is 12.6. The normalized spacial score (nSPS) is 24.8. The second-order valence-corrected chi connectivity index (χ2v) is 7.21. The van der Waals surface area contributed by atoms with E-state index in [1.54, 1.807) is 6.07 Å². The Morgan fingerprint density at radius 2 is 2.19 bits per heavy atom. The van der Waals surface area contributed by atoms with E-state index in [9.17, 15) is 13.2 Å². The molecule has 2 aliphatic heterocycles. The van der Waals surface area contributed by atoms with E-state index >= 15 is 0 Å². The molecule has 7 heteroatoms. The molecule has 2 aliphatic rings. The number of rotatable bonds is 2. The van der Waals surface area contributed by atoms with Gasteiger partial charge in [-0.15, -0.1) is 0 Å². The van der Waals surface area contributed by atoms with E-state index in [1.165, 1.54) is 12.1 Å². The first-order chi connectivity index (χ1) is 9.86. The maximum atomic E-state index is 12.5. The van der Waals surface area contributed by atoms with E-state index in [0.29, 0.717) is 17.7 Å². The standard InChI is InChI=1S/C14H18N2O4S/c1-9-3-2-6-16(9)14(17)13-8-10-7-11(21(15,18)19)4-5-12(10)20-13/h4-5,7,9,13H,2-3,6,8H2,1H3,(H2,15,18,19). The van der Waals surface area contributed by atoms with Crippen LogP contribution in [-0.2, 0) is 21.2 Å². The lowest BCUT2D eigenvalue weighted by atomic mass is 10.1. The smallest absolute Gasteiger partial charge is 0.264 e. The first-order valence-electron chi connectivity index (χ1n) is 6.99. The van der Waals surface area contributed by atoms with Crippen LogP contribution in [0.15, 0.2) is 23.1 Å². The molecule has 0 saturated carbocycles. The number of amides is 1. The van der Waals surface area contributed by atoms with E-state index in [2.05, 4.69) is 0 Å². The molecular formula is C14H18N2O4S. The number of fused-ring (bicyclic) bond motifs is 1. The van der Waals surface area contributed by atoms with E-state index in [1.807, 2.05) is 11.8 Å². The summed E-state index contributed by atoms with van der Waals surface area (Å²) in [5, 5.41) is 5.12. The lowest BCUT2D eigenvalue weighted by molar-refractivity contribution is -0.138. The quantitative estimate of drug-likeness (QED) is 0.868. The summed E-state index contributed by atoms with van der Waals surface area (Å²) < 4.78 is 28.4. The average molecular weight is 310 g/mol. The molecule has 114 valence electrons. The minimum atomic E-state index is -3.74. The number of carbonyl (C=O) groups excluding carboxylic acids is 1. The van der Waals surface area contributed by atoms with E-state index in [0.717, 1.165) is 19.4 Å². The Hall–Kier alpha value is -1.60. The predicted molar refractivity (Wildman–Crippen MR) is 76.3 cm³/mol. The van der Waals surface area contributed by atoms with Crippen LogP contribution in [0.25, 0.3) is 0 Å². The van der Waals surface area contributed by atoms with Crippen molar-refractivity contribution in [1.82, 2.24) is 4.90 Å². The zero-order valence-electron chi connectivity index (χ0n) is 11.8. The summed E-state index contributed by atoms with van der Waals surface area (Å²) in [6, 6.07) is 4.70. The fourth-order valence-corrected chi connectivity index (χ4v) is 3.55. The van der Waals surface area contributed by atoms with Crippen molar-refractivity contribution in [3.8, 4) is 5.75 Å². The fraction of sp³-hybridized carbons (Fsp3) is 0.500. The number of hydrogen-bond acceptors (Lipinski definition) is 4. The maximum Gasteiger partial charge on any atom is 0.264 e. The van der Waals surface area contributed by atoms with Crippen molar-refractivity contribution in [2.24, 2.45) is 5.14 Å². The molecule has 0 aromatic heterocycles. The van der Waals surface area contributed by atoms with Crippen LogP contribution in [0.3, 0.4) is 0 Å². The van der Waals surface area contributed by atoms with Gasteiger partial charge < -0.3 is 9.64 Å². The van der Waals surface area contributed by atoms with Crippen molar-refractivity contribution in [3.05, 3.63) is 23.8 Å². The number of carbonyl (C=O) groups is 1. The molecule has 2 N–H and O–H groups in total. The van der Waals surface area contributed by atoms with Crippen LogP contribution in [0.5, 0.6) is 5.75 Å². The van der Waals surface area contributed by atoms with Gasteiger partial charge in [0, 0.05) is 19.0 Å². The molecule has 0 radical (unpaired) electrons. The molecule has 2 atom stereocenters. The summed E-state index contributed by atoms with van der Waals surface area (Å²) in [7, 11) is -3.74. The van der Waals surface area contributed by atoms with E-state index < -0.39 is 16.1 Å². The molecule has 1 fully saturated rings. The molecule has 1 aromatic rings. The Morgan fingerprint density at radius 1 is 1.43 bits per heavy atom. The van der Waals surface area contributed by atoms with Gasteiger partial charge in [0.2, 0.25) is 10.0 Å². The topological polar surface area (TPSA) is 89.7 Å². The van der Waals surface area contributed by atoms with Crippen molar-refractivity contribution >= 4 is 15.9 Å². The van der Waals surface area contributed by atoms with Gasteiger partial charge in [0.1, 0.15) is 5.75 Å². The second-order valence-electron chi connectivity index (χ2n) is 5.65. The van der Waals surface area contributed by atoms with Crippen molar-refractivity contribution in [3.63, 3.8) is 0 Å². The maximum absolute atomic E-state index is 12.5. The summed E-state index contributed by atoms with van der Waals surface area (Å²) >= 11 is 0. The SMILES string of the molecule is CC1CCCN1C(=O)C1Cc2cc(S(N)(=O)=O)ccc2O1. The third kappa shape index (κ3) is 2.63. The highest BCUT2D eigenvalue weighted by Crippen LogP contribution is 2.32. The molecule has 1 saturated heterocycles. The molecule has 0 bridgehead atoms. The molecule has 6 nitrogen and oxygen atoms in total. The Labute approximate surface area is 123 Å². The summed E-state index contributed by atoms with van der Waals surface area (Å²) in [5.41, 5.74) is 0.715. The van der Waals surface area contributed by atoms with Crippen molar-refractivity contribution < 1.29 is 17.9 Å². The van der Waals surface area contributed by atoms with Gasteiger partial charge in [0.15, 0.2) is 6.10 Å². The first kappa shape index (κ1) is 14.3. The van der Waals surface area contributed by atoms with Gasteiger partial charge in [0.05, 0.1) is 4.90 Å². The van der Waals surface area contributed by atoms with Gasteiger partial charge in [-0.25, -0.2) is 13.6 Å². The Morgan fingerprint density at radius 3 is 2.81 bits per heavy atom. The number of ether oxygens (including phenoxy) is 1. The highest BCUT2D eigenvalue weighted by Gasteiger charge is 2.36. The third-order valence-corrected chi connectivity index (χ3v) is 5.06. The minimum absolute atomic E-state index is 0.0200. The van der Waals surface area contributed by atoms with E-state index in [-0.39, 0.29) is 16.8 Å². The number of primary sulfonamides is 1. The van der Waals surface area contributed by atoms with Gasteiger partial charge in [-0.3, -0.25) is 4.79 Å². The molecule has 21 heavy (non-hydrogen) atoms. The number of nitrogens with two attached hydrogens (primary N) is 1. The van der Waals surface area contributed by atoms with Gasteiger partial charge in [-0.05, 0) is 43.5 Å². The Kier molecular flexibility index (Phi) is 3.41. The predicted octanol–water partition coefficient (Wildman–Crippen LogP) is 0.648. The monoisotopic (exact) mass is 310 g/mol. The summed E-state index contributed by atoms with van der Waals surface area (Å²) in [6.45, 7) is 2.80. The van der Waals surface area contributed by atoms with Crippen LogP contribution < -0.4 is 9.88 Å². The Bertz CT molecular complexity index is 686. The summed E-state index contributed by atoms with van der Waals surface area (Å²) in [5.74, 6) is 0.543. The minimum Gasteiger partial charge on any atom is -0.480 e. The van der Waals surface area contributed by atoms with Crippen LogP contribution in [-0.4, -0.2) is 37.9 Å². The molecule has 2 heterocycles. The van der Waals surface area contributed by atoms with Gasteiger partial charge in [-0.1, -0.05) is 0 Å². The highest BCUT2D eigenvalue weighted by atomic mass is 32.2. The number of nitrogens with zero attached hydrogens (tertiary/aromatic N) is 1. The molecule has 0 aliphatic carbocycles. The van der Waals surface area contributed by atoms with E-state index in [4.69, 9.17) is 9.88 Å².